The van der Waals surface area contributed by atoms with Gasteiger partial charge < -0.3 is 9.47 Å². The van der Waals surface area contributed by atoms with Crippen LogP contribution in [0.1, 0.15) is 28.4 Å². The Bertz CT molecular complexity index is 967. The van der Waals surface area contributed by atoms with E-state index >= 15 is 0 Å². The number of hydrogen-bond acceptors (Lipinski definition) is 6. The van der Waals surface area contributed by atoms with E-state index in [1.165, 1.54) is 16.7 Å². The van der Waals surface area contributed by atoms with E-state index in [9.17, 15) is 9.59 Å². The fourth-order valence-corrected chi connectivity index (χ4v) is 3.69. The van der Waals surface area contributed by atoms with Gasteiger partial charge in [0.05, 0.1) is 17.1 Å². The molecule has 0 N–H and O–H groups in total. The van der Waals surface area contributed by atoms with E-state index in [2.05, 4.69) is 0 Å². The van der Waals surface area contributed by atoms with Crippen molar-refractivity contribution in [2.24, 2.45) is 0 Å². The molecule has 28 heavy (non-hydrogen) atoms. The van der Waals surface area contributed by atoms with Gasteiger partial charge >= 0.3 is 5.97 Å². The quantitative estimate of drug-likeness (QED) is 0.313. The van der Waals surface area contributed by atoms with Gasteiger partial charge in [-0.05, 0) is 49.8 Å². The number of benzene rings is 2. The topological polar surface area (TPSA) is 55.8 Å². The number of thioether (sulfide) groups is 1. The predicted octanol–water partition coefficient (Wildman–Crippen LogP) is 4.44. The maximum Gasteiger partial charge on any atom is 0.343 e. The molecule has 0 bridgehead atoms. The fourth-order valence-electron chi connectivity index (χ4n) is 2.51. The molecule has 1 aliphatic heterocycles. The molecular weight excluding hydrogens is 394 g/mol. The van der Waals surface area contributed by atoms with Crippen molar-refractivity contribution in [1.82, 2.24) is 4.90 Å². The number of aryl methyl sites for hydroxylation is 1. The van der Waals surface area contributed by atoms with Gasteiger partial charge in [-0.1, -0.05) is 47.7 Å². The largest absolute Gasteiger partial charge is 0.490 e. The van der Waals surface area contributed by atoms with Crippen LogP contribution in [0, 0.1) is 6.92 Å². The van der Waals surface area contributed by atoms with E-state index in [1.807, 2.05) is 26.0 Å². The first-order valence-electron chi connectivity index (χ1n) is 8.66. The average Bonchev–Trinajstić information content (AvgIpc) is 2.91. The predicted molar refractivity (Wildman–Crippen MR) is 115 cm³/mol. The maximum atomic E-state index is 12.4. The van der Waals surface area contributed by atoms with Crippen molar-refractivity contribution >= 4 is 46.3 Å². The first-order chi connectivity index (χ1) is 13.4. The minimum absolute atomic E-state index is 0.136. The van der Waals surface area contributed by atoms with Gasteiger partial charge in [0.25, 0.3) is 5.91 Å². The molecule has 2 aromatic rings. The molecular formula is C21H19NO4S2. The fraction of sp³-hybridized carbons (Fsp3) is 0.190. The molecule has 0 unspecified atom stereocenters. The summed E-state index contributed by atoms with van der Waals surface area (Å²) in [6, 6.07) is 12.3. The van der Waals surface area contributed by atoms with Crippen molar-refractivity contribution in [3.63, 3.8) is 0 Å². The molecule has 0 aliphatic carbocycles. The molecule has 3 rings (SSSR count). The molecule has 0 radical (unpaired) electrons. The van der Waals surface area contributed by atoms with E-state index in [0.29, 0.717) is 32.9 Å². The molecule has 0 saturated carbocycles. The van der Waals surface area contributed by atoms with Crippen molar-refractivity contribution in [1.29, 1.82) is 0 Å². The van der Waals surface area contributed by atoms with Crippen LogP contribution in [0.15, 0.2) is 47.4 Å². The molecule has 0 aromatic heterocycles. The number of esters is 1. The van der Waals surface area contributed by atoms with Gasteiger partial charge in [0.1, 0.15) is 4.32 Å². The number of amides is 1. The lowest BCUT2D eigenvalue weighted by Crippen LogP contribution is -2.22. The molecule has 1 heterocycles. The number of thiocarbonyl (C=S) groups is 1. The lowest BCUT2D eigenvalue weighted by molar-refractivity contribution is -0.121. The van der Waals surface area contributed by atoms with Gasteiger partial charge in [0, 0.05) is 7.05 Å². The zero-order valence-corrected chi connectivity index (χ0v) is 17.4. The molecule has 0 atom stereocenters. The van der Waals surface area contributed by atoms with Gasteiger partial charge in [0.2, 0.25) is 0 Å². The third kappa shape index (κ3) is 4.43. The highest BCUT2D eigenvalue weighted by Crippen LogP contribution is 2.34. The molecule has 0 spiro atoms. The minimum Gasteiger partial charge on any atom is -0.490 e. The van der Waals surface area contributed by atoms with Gasteiger partial charge in [-0.15, -0.1) is 0 Å². The van der Waals surface area contributed by atoms with Gasteiger partial charge in [-0.3, -0.25) is 9.69 Å². The second-order valence-electron chi connectivity index (χ2n) is 6.14. The van der Waals surface area contributed by atoms with Gasteiger partial charge in [-0.25, -0.2) is 4.79 Å². The summed E-state index contributed by atoms with van der Waals surface area (Å²) < 4.78 is 11.7. The number of rotatable bonds is 5. The summed E-state index contributed by atoms with van der Waals surface area (Å²) in [6.07, 6.45) is 1.75. The molecule has 1 fully saturated rings. The Balaban J connectivity index is 1.85. The number of carbonyl (C=O) groups excluding carboxylic acids is 2. The van der Waals surface area contributed by atoms with Crippen LogP contribution in [0.2, 0.25) is 0 Å². The Labute approximate surface area is 173 Å². The summed E-state index contributed by atoms with van der Waals surface area (Å²) in [6.45, 7) is 4.21. The lowest BCUT2D eigenvalue weighted by Gasteiger charge is -2.12. The van der Waals surface area contributed by atoms with Crippen LogP contribution in [-0.4, -0.2) is 34.8 Å². The Kier molecular flexibility index (Phi) is 6.16. The normalized spacial score (nSPS) is 15.2. The van der Waals surface area contributed by atoms with Crippen LogP contribution < -0.4 is 9.47 Å². The zero-order chi connectivity index (χ0) is 20.3. The highest BCUT2D eigenvalue weighted by Gasteiger charge is 2.28. The third-order valence-electron chi connectivity index (χ3n) is 4.04. The smallest absolute Gasteiger partial charge is 0.343 e. The number of hydrogen-bond donors (Lipinski definition) is 0. The van der Waals surface area contributed by atoms with Crippen LogP contribution >= 0.6 is 24.0 Å². The van der Waals surface area contributed by atoms with Crippen LogP contribution in [0.5, 0.6) is 11.5 Å². The third-order valence-corrected chi connectivity index (χ3v) is 5.53. The van der Waals surface area contributed by atoms with Crippen LogP contribution in [0.4, 0.5) is 0 Å². The highest BCUT2D eigenvalue weighted by molar-refractivity contribution is 8.26. The standard InChI is InChI=1S/C21H19NO4S2/c1-4-25-17-11-14(12-18-19(23)22(3)21(27)28-18)7-10-16(17)26-20(24)15-8-5-13(2)6-9-15/h5-12H,4H2,1-3H3. The molecule has 1 saturated heterocycles. The Morgan fingerprint density at radius 3 is 2.50 bits per heavy atom. The molecule has 1 aliphatic rings. The van der Waals surface area contributed by atoms with Gasteiger partial charge in [0.15, 0.2) is 11.5 Å². The first kappa shape index (κ1) is 20.1. The average molecular weight is 414 g/mol. The number of nitrogens with zero attached hydrogens (tertiary/aromatic N) is 1. The summed E-state index contributed by atoms with van der Waals surface area (Å²) >= 11 is 6.40. The number of carbonyl (C=O) groups is 2. The lowest BCUT2D eigenvalue weighted by atomic mass is 10.1. The monoisotopic (exact) mass is 413 g/mol. The van der Waals surface area contributed by atoms with Crippen molar-refractivity contribution in [3.8, 4) is 11.5 Å². The zero-order valence-electron chi connectivity index (χ0n) is 15.7. The summed E-state index contributed by atoms with van der Waals surface area (Å²) in [5, 5.41) is 0. The Hall–Kier alpha value is -2.64. The Morgan fingerprint density at radius 1 is 1.18 bits per heavy atom. The summed E-state index contributed by atoms with van der Waals surface area (Å²) in [5.41, 5.74) is 2.28. The van der Waals surface area contributed by atoms with E-state index in [0.717, 1.165) is 11.1 Å². The van der Waals surface area contributed by atoms with Crippen LogP contribution in [0.25, 0.3) is 6.08 Å². The van der Waals surface area contributed by atoms with Crippen LogP contribution in [0.3, 0.4) is 0 Å². The van der Waals surface area contributed by atoms with Gasteiger partial charge in [-0.2, -0.15) is 0 Å². The number of ether oxygens (including phenoxy) is 2. The highest BCUT2D eigenvalue weighted by atomic mass is 32.2. The van der Waals surface area contributed by atoms with Crippen molar-refractivity contribution < 1.29 is 19.1 Å². The van der Waals surface area contributed by atoms with Crippen molar-refractivity contribution in [3.05, 3.63) is 64.1 Å². The maximum absolute atomic E-state index is 12.4. The van der Waals surface area contributed by atoms with E-state index < -0.39 is 5.97 Å². The van der Waals surface area contributed by atoms with E-state index in [1.54, 1.807) is 43.5 Å². The summed E-state index contributed by atoms with van der Waals surface area (Å²) in [5.74, 6) is 0.166. The second kappa shape index (κ2) is 8.58. The summed E-state index contributed by atoms with van der Waals surface area (Å²) in [7, 11) is 1.65. The molecule has 144 valence electrons. The van der Waals surface area contributed by atoms with Crippen molar-refractivity contribution in [2.45, 2.75) is 13.8 Å². The van der Waals surface area contributed by atoms with E-state index in [-0.39, 0.29) is 5.91 Å². The van der Waals surface area contributed by atoms with E-state index in [4.69, 9.17) is 21.7 Å². The second-order valence-corrected chi connectivity index (χ2v) is 7.81. The molecule has 5 nitrogen and oxygen atoms in total. The molecule has 2 aromatic carbocycles. The van der Waals surface area contributed by atoms with Crippen molar-refractivity contribution in [2.75, 3.05) is 13.7 Å². The van der Waals surface area contributed by atoms with Crippen LogP contribution in [-0.2, 0) is 4.79 Å². The molecule has 7 heteroatoms. The minimum atomic E-state index is -0.458. The molecule has 1 amide bonds. The summed E-state index contributed by atoms with van der Waals surface area (Å²) in [4.78, 5) is 26.6. The SMILES string of the molecule is CCOc1cc(C=C2SC(=S)N(C)C2=O)ccc1OC(=O)c1ccc(C)cc1. The number of likely N-dealkylation sites (N-methyl/N-ethyl adjacent to an activating group) is 1. The first-order valence-corrected chi connectivity index (χ1v) is 9.88. The Morgan fingerprint density at radius 2 is 1.89 bits per heavy atom.